The molecule has 2 N–H and O–H groups in total. The Kier molecular flexibility index (Phi) is 5.84. The summed E-state index contributed by atoms with van der Waals surface area (Å²) >= 11 is 6.15. The smallest absolute Gasteiger partial charge is 0.257 e. The van der Waals surface area contributed by atoms with Gasteiger partial charge in [-0.3, -0.25) is 14.6 Å². The number of amides is 1. The van der Waals surface area contributed by atoms with E-state index in [0.29, 0.717) is 28.4 Å². The first-order valence-corrected chi connectivity index (χ1v) is 8.75. The molecule has 0 saturated carbocycles. The third-order valence-electron chi connectivity index (χ3n) is 3.99. The van der Waals surface area contributed by atoms with Crippen molar-refractivity contribution in [2.75, 3.05) is 10.6 Å². The van der Waals surface area contributed by atoms with Gasteiger partial charge in [-0.15, -0.1) is 0 Å². The topological polar surface area (TPSA) is 71.1 Å². The van der Waals surface area contributed by atoms with E-state index in [2.05, 4.69) is 15.6 Å². The Morgan fingerprint density at radius 2 is 1.70 bits per heavy atom. The van der Waals surface area contributed by atoms with Crippen LogP contribution >= 0.6 is 11.6 Å². The molecule has 0 saturated heterocycles. The molecule has 0 spiro atoms. The number of anilines is 2. The molecule has 0 aliphatic rings. The Bertz CT molecular complexity index is 971. The van der Waals surface area contributed by atoms with Crippen molar-refractivity contribution < 1.29 is 9.59 Å². The molecular formula is C21H18ClN3O2. The lowest BCUT2D eigenvalue weighted by atomic mass is 10.1. The van der Waals surface area contributed by atoms with Gasteiger partial charge in [0.2, 0.25) is 0 Å². The third-order valence-corrected chi connectivity index (χ3v) is 4.36. The fourth-order valence-corrected chi connectivity index (χ4v) is 2.69. The number of ketones is 1. The summed E-state index contributed by atoms with van der Waals surface area (Å²) in [6.45, 7) is 2.03. The van der Waals surface area contributed by atoms with Gasteiger partial charge in [-0.05, 0) is 48.9 Å². The molecule has 6 heteroatoms. The number of rotatable bonds is 6. The standard InChI is InChI=1S/C21H18ClN3O2/c1-14(26)15-6-8-18(9-7-15)25-21(27)17-10-19(13-23-11-17)24-12-16-4-2-3-5-20(16)22/h2-11,13,24H,12H2,1H3,(H,25,27). The Balaban J connectivity index is 1.66. The van der Waals surface area contributed by atoms with Crippen LogP contribution in [0.4, 0.5) is 11.4 Å². The largest absolute Gasteiger partial charge is 0.380 e. The molecule has 0 aliphatic heterocycles. The number of nitrogens with zero attached hydrogens (tertiary/aromatic N) is 1. The lowest BCUT2D eigenvalue weighted by molar-refractivity contribution is 0.101. The third kappa shape index (κ3) is 4.92. The van der Waals surface area contributed by atoms with Gasteiger partial charge in [-0.25, -0.2) is 0 Å². The van der Waals surface area contributed by atoms with E-state index in [1.54, 1.807) is 36.5 Å². The molecule has 3 aromatic rings. The summed E-state index contributed by atoms with van der Waals surface area (Å²) in [6, 6.07) is 16.0. The van der Waals surface area contributed by atoms with Gasteiger partial charge in [0.15, 0.2) is 5.78 Å². The first-order valence-electron chi connectivity index (χ1n) is 8.37. The van der Waals surface area contributed by atoms with Crippen LogP contribution < -0.4 is 10.6 Å². The Morgan fingerprint density at radius 1 is 0.963 bits per heavy atom. The van der Waals surface area contributed by atoms with E-state index in [9.17, 15) is 9.59 Å². The van der Waals surface area contributed by atoms with Gasteiger partial charge in [0.25, 0.3) is 5.91 Å². The average molecular weight is 380 g/mol. The molecule has 0 radical (unpaired) electrons. The molecule has 136 valence electrons. The molecule has 2 aromatic carbocycles. The van der Waals surface area contributed by atoms with Crippen LogP contribution in [0.3, 0.4) is 0 Å². The zero-order valence-electron chi connectivity index (χ0n) is 14.7. The van der Waals surface area contributed by atoms with Crippen molar-refractivity contribution in [1.82, 2.24) is 4.98 Å². The van der Waals surface area contributed by atoms with Crippen molar-refractivity contribution >= 4 is 34.7 Å². The second-order valence-electron chi connectivity index (χ2n) is 5.99. The van der Waals surface area contributed by atoms with E-state index in [1.165, 1.54) is 13.1 Å². The van der Waals surface area contributed by atoms with Crippen molar-refractivity contribution in [3.05, 3.63) is 88.7 Å². The molecule has 27 heavy (non-hydrogen) atoms. The van der Waals surface area contributed by atoms with E-state index < -0.39 is 0 Å². The van der Waals surface area contributed by atoms with Gasteiger partial charge in [0.1, 0.15) is 0 Å². The fourth-order valence-electron chi connectivity index (χ4n) is 2.49. The summed E-state index contributed by atoms with van der Waals surface area (Å²) in [5.41, 5.74) is 3.31. The first-order chi connectivity index (χ1) is 13.0. The molecule has 0 unspecified atom stereocenters. The van der Waals surface area contributed by atoms with Crippen LogP contribution in [0.1, 0.15) is 33.2 Å². The quantitative estimate of drug-likeness (QED) is 0.603. The summed E-state index contributed by atoms with van der Waals surface area (Å²) in [6.07, 6.45) is 3.15. The minimum absolute atomic E-state index is 0.0191. The maximum Gasteiger partial charge on any atom is 0.257 e. The summed E-state index contributed by atoms with van der Waals surface area (Å²) in [5, 5.41) is 6.69. The number of carbonyl (C=O) groups is 2. The molecule has 0 atom stereocenters. The van der Waals surface area contributed by atoms with Crippen molar-refractivity contribution in [2.45, 2.75) is 13.5 Å². The van der Waals surface area contributed by atoms with Gasteiger partial charge in [-0.1, -0.05) is 29.8 Å². The molecule has 1 aromatic heterocycles. The maximum atomic E-state index is 12.4. The summed E-state index contributed by atoms with van der Waals surface area (Å²) in [4.78, 5) is 27.9. The number of benzene rings is 2. The molecule has 0 aliphatic carbocycles. The lowest BCUT2D eigenvalue weighted by Crippen LogP contribution is -2.13. The number of hydrogen-bond donors (Lipinski definition) is 2. The lowest BCUT2D eigenvalue weighted by Gasteiger charge is -2.10. The number of nitrogens with one attached hydrogen (secondary N) is 2. The summed E-state index contributed by atoms with van der Waals surface area (Å²) in [5.74, 6) is -0.297. The van der Waals surface area contributed by atoms with Gasteiger partial charge in [0.05, 0.1) is 11.3 Å². The van der Waals surface area contributed by atoms with Crippen LogP contribution in [0.15, 0.2) is 67.0 Å². The van der Waals surface area contributed by atoms with Gasteiger partial charge >= 0.3 is 0 Å². The van der Waals surface area contributed by atoms with Crippen molar-refractivity contribution in [2.24, 2.45) is 0 Å². The number of carbonyl (C=O) groups excluding carboxylic acids is 2. The van der Waals surface area contributed by atoms with Gasteiger partial charge in [0, 0.05) is 35.2 Å². The molecule has 1 heterocycles. The highest BCUT2D eigenvalue weighted by Gasteiger charge is 2.09. The molecule has 3 rings (SSSR count). The molecule has 5 nitrogen and oxygen atoms in total. The maximum absolute atomic E-state index is 12.4. The van der Waals surface area contributed by atoms with Gasteiger partial charge < -0.3 is 10.6 Å². The highest BCUT2D eigenvalue weighted by Crippen LogP contribution is 2.18. The second kappa shape index (κ2) is 8.47. The average Bonchev–Trinajstić information content (AvgIpc) is 2.68. The van der Waals surface area contributed by atoms with Crippen LogP contribution in [0.5, 0.6) is 0 Å². The number of pyridine rings is 1. The molecule has 1 amide bonds. The monoisotopic (exact) mass is 379 g/mol. The summed E-state index contributed by atoms with van der Waals surface area (Å²) < 4.78 is 0. The van der Waals surface area contributed by atoms with Crippen molar-refractivity contribution in [3.63, 3.8) is 0 Å². The number of aromatic nitrogens is 1. The Hall–Kier alpha value is -3.18. The van der Waals surface area contributed by atoms with Crippen LogP contribution in [0.2, 0.25) is 5.02 Å². The van der Waals surface area contributed by atoms with E-state index in [1.807, 2.05) is 24.3 Å². The predicted molar refractivity (Wildman–Crippen MR) is 107 cm³/mol. The first kappa shape index (κ1) is 18.6. The van der Waals surface area contributed by atoms with Crippen molar-refractivity contribution in [1.29, 1.82) is 0 Å². The van der Waals surface area contributed by atoms with Gasteiger partial charge in [-0.2, -0.15) is 0 Å². The van der Waals surface area contributed by atoms with Crippen LogP contribution in [-0.2, 0) is 6.54 Å². The van der Waals surface area contributed by atoms with E-state index in [0.717, 1.165) is 11.3 Å². The Morgan fingerprint density at radius 3 is 2.41 bits per heavy atom. The highest BCUT2D eigenvalue weighted by molar-refractivity contribution is 6.31. The number of hydrogen-bond acceptors (Lipinski definition) is 4. The van der Waals surface area contributed by atoms with Crippen LogP contribution in [0.25, 0.3) is 0 Å². The predicted octanol–water partition coefficient (Wildman–Crippen LogP) is 4.80. The fraction of sp³-hybridized carbons (Fsp3) is 0.0952. The van der Waals surface area contributed by atoms with E-state index in [4.69, 9.17) is 11.6 Å². The molecule has 0 fully saturated rings. The molecular weight excluding hydrogens is 362 g/mol. The number of halogens is 1. The molecule has 0 bridgehead atoms. The number of Topliss-reactive ketones (excluding diaryl/α,β-unsaturated/α-hetero) is 1. The summed E-state index contributed by atoms with van der Waals surface area (Å²) in [7, 11) is 0. The van der Waals surface area contributed by atoms with Crippen LogP contribution in [-0.4, -0.2) is 16.7 Å². The minimum Gasteiger partial charge on any atom is -0.380 e. The Labute approximate surface area is 162 Å². The zero-order chi connectivity index (χ0) is 19.2. The van der Waals surface area contributed by atoms with E-state index >= 15 is 0 Å². The van der Waals surface area contributed by atoms with E-state index in [-0.39, 0.29) is 11.7 Å². The second-order valence-corrected chi connectivity index (χ2v) is 6.40. The van der Waals surface area contributed by atoms with Crippen molar-refractivity contribution in [3.8, 4) is 0 Å². The SMILES string of the molecule is CC(=O)c1ccc(NC(=O)c2cncc(NCc3ccccc3Cl)c2)cc1. The minimum atomic E-state index is -0.278. The normalized spacial score (nSPS) is 10.3. The highest BCUT2D eigenvalue weighted by atomic mass is 35.5. The van der Waals surface area contributed by atoms with Crippen LogP contribution in [0, 0.1) is 0 Å². The zero-order valence-corrected chi connectivity index (χ0v) is 15.5.